The van der Waals surface area contributed by atoms with Crippen LogP contribution in [0.5, 0.6) is 0 Å². The number of nitrogens with zero attached hydrogens (tertiary/aromatic N) is 1. The Balaban J connectivity index is 2.62. The number of allylic oxidation sites excluding steroid dienone is 3. The van der Waals surface area contributed by atoms with E-state index in [1.807, 2.05) is 59.7 Å². The Morgan fingerprint density at radius 2 is 1.80 bits per heavy atom. The summed E-state index contributed by atoms with van der Waals surface area (Å²) in [5.41, 5.74) is 0.774. The second-order valence-electron chi connectivity index (χ2n) is 13.2. The van der Waals surface area contributed by atoms with Gasteiger partial charge in [-0.1, -0.05) is 38.5 Å². The van der Waals surface area contributed by atoms with Gasteiger partial charge in [-0.2, -0.15) is 0 Å². The van der Waals surface area contributed by atoms with Crippen LogP contribution in [0.15, 0.2) is 23.8 Å². The molecule has 0 aliphatic carbocycles. The van der Waals surface area contributed by atoms with Gasteiger partial charge in [0.05, 0.1) is 24.7 Å². The largest absolute Gasteiger partial charge is 0.462 e. The van der Waals surface area contributed by atoms with Crippen LogP contribution in [0.2, 0.25) is 0 Å². The number of ketones is 2. The molecule has 1 fully saturated rings. The second-order valence-corrected chi connectivity index (χ2v) is 13.2. The number of carbonyl (C=O) groups excluding carboxylic acids is 4. The van der Waals surface area contributed by atoms with E-state index in [9.17, 15) is 24.3 Å². The monoisotopic (exact) mass is 651 g/mol. The predicted molar refractivity (Wildman–Crippen MR) is 173 cm³/mol. The number of hydrogen-bond donors (Lipinski definition) is 1. The van der Waals surface area contributed by atoms with Crippen LogP contribution in [0.25, 0.3) is 0 Å². The van der Waals surface area contributed by atoms with Gasteiger partial charge in [-0.15, -0.1) is 0 Å². The summed E-state index contributed by atoms with van der Waals surface area (Å²) in [4.78, 5) is 53.3. The average Bonchev–Trinajstić information content (AvgIpc) is 3.03. The van der Waals surface area contributed by atoms with E-state index in [-0.39, 0.29) is 48.8 Å². The number of esters is 1. The molecule has 262 valence electrons. The molecule has 0 saturated carbocycles. The van der Waals surface area contributed by atoms with Gasteiger partial charge >= 0.3 is 5.97 Å². The van der Waals surface area contributed by atoms with E-state index in [2.05, 4.69) is 0 Å². The first kappa shape index (κ1) is 39.9. The van der Waals surface area contributed by atoms with Crippen molar-refractivity contribution in [3.63, 3.8) is 0 Å². The zero-order chi connectivity index (χ0) is 34.6. The first-order valence-corrected chi connectivity index (χ1v) is 16.5. The summed E-state index contributed by atoms with van der Waals surface area (Å²) in [6.07, 6.45) is 4.70. The minimum atomic E-state index is -1.03. The highest BCUT2D eigenvalue weighted by Crippen LogP contribution is 2.37. The second kappa shape index (κ2) is 19.5. The number of Topliss-reactive ketones (excluding diaryl/α,β-unsaturated/α-hetero) is 1. The third-order valence-corrected chi connectivity index (χ3v) is 9.40. The number of aliphatic hydroxyl groups is 1. The fraction of sp³-hybridized carbons (Fsp3) is 0.771. The van der Waals surface area contributed by atoms with Gasteiger partial charge in [0, 0.05) is 44.9 Å². The molecular weight excluding hydrogens is 594 g/mol. The maximum atomic E-state index is 13.4. The van der Waals surface area contributed by atoms with Crippen molar-refractivity contribution in [3.05, 3.63) is 23.8 Å². The van der Waals surface area contributed by atoms with E-state index >= 15 is 0 Å². The lowest BCUT2D eigenvalue weighted by atomic mass is 9.80. The molecule has 0 amide bonds. The molecule has 2 aliphatic rings. The summed E-state index contributed by atoms with van der Waals surface area (Å²) in [6.45, 7) is 9.26. The topological polar surface area (TPSA) is 138 Å². The fourth-order valence-electron chi connectivity index (χ4n) is 6.68. The minimum absolute atomic E-state index is 0.0779. The van der Waals surface area contributed by atoms with Crippen molar-refractivity contribution >= 4 is 23.8 Å². The molecule has 1 N–H and O–H groups in total. The van der Waals surface area contributed by atoms with Gasteiger partial charge in [0.2, 0.25) is 5.78 Å². The van der Waals surface area contributed by atoms with Crippen LogP contribution in [0, 0.1) is 29.6 Å². The molecule has 0 aromatic rings. The first-order valence-electron chi connectivity index (χ1n) is 16.5. The van der Waals surface area contributed by atoms with E-state index in [1.54, 1.807) is 20.3 Å². The molecule has 2 rings (SSSR count). The van der Waals surface area contributed by atoms with E-state index in [1.165, 1.54) is 6.08 Å². The van der Waals surface area contributed by atoms with E-state index in [4.69, 9.17) is 23.7 Å². The van der Waals surface area contributed by atoms with Crippen LogP contribution in [-0.4, -0.2) is 106 Å². The molecule has 46 heavy (non-hydrogen) atoms. The highest BCUT2D eigenvalue weighted by Gasteiger charge is 2.46. The van der Waals surface area contributed by atoms with Crippen LogP contribution < -0.4 is 0 Å². The minimum Gasteiger partial charge on any atom is -0.462 e. The zero-order valence-electron chi connectivity index (χ0n) is 29.2. The molecule has 10 atom stereocenters. The molecule has 11 heteroatoms. The van der Waals surface area contributed by atoms with E-state index in [0.717, 1.165) is 5.57 Å². The smallest absolute Gasteiger partial charge is 0.306 e. The number of carbonyl (C=O) groups is 4. The molecule has 2 aliphatic heterocycles. The van der Waals surface area contributed by atoms with Gasteiger partial charge in [0.1, 0.15) is 6.10 Å². The number of aldehydes is 1. The van der Waals surface area contributed by atoms with Crippen LogP contribution in [0.3, 0.4) is 0 Å². The van der Waals surface area contributed by atoms with Crippen molar-refractivity contribution in [2.75, 3.05) is 34.9 Å². The SMILES string of the molecule is CC[C@H]1OC(=O)CC[C@H](C)[C@@H](OC2OC(C)CC(N(C)C)C2C(=O)C=O)[C@@H](CC(OC)OC)C[C@@H](C)C(=O)/C=C/C(C)=C/[C@@H]1CO. The molecule has 0 spiro atoms. The van der Waals surface area contributed by atoms with Crippen LogP contribution in [-0.2, 0) is 42.9 Å². The molecule has 11 nitrogen and oxygen atoms in total. The van der Waals surface area contributed by atoms with Crippen molar-refractivity contribution in [2.24, 2.45) is 29.6 Å². The Morgan fingerprint density at radius 1 is 1.13 bits per heavy atom. The quantitative estimate of drug-likeness (QED) is 0.151. The Labute approximate surface area is 275 Å². The Bertz CT molecular complexity index is 1050. The highest BCUT2D eigenvalue weighted by molar-refractivity contribution is 6.26. The van der Waals surface area contributed by atoms with Gasteiger partial charge in [-0.3, -0.25) is 19.2 Å². The maximum absolute atomic E-state index is 13.4. The molecular formula is C35H57NO10. The van der Waals surface area contributed by atoms with Gasteiger partial charge in [-0.05, 0) is 71.5 Å². The van der Waals surface area contributed by atoms with E-state index < -0.39 is 48.3 Å². The first-order chi connectivity index (χ1) is 21.8. The summed E-state index contributed by atoms with van der Waals surface area (Å²) in [6, 6.07) is -0.292. The number of cyclic esters (lactones) is 1. The molecule has 0 bridgehead atoms. The van der Waals surface area contributed by atoms with Gasteiger partial charge in [0.25, 0.3) is 0 Å². The van der Waals surface area contributed by atoms with Gasteiger partial charge in [-0.25, -0.2) is 0 Å². The standard InChI is InChI=1S/C35H57NO10/c1-10-30-26(19-37)15-21(2)11-13-28(39)23(4)16-25(18-32(42-8)43-9)34(22(3)12-14-31(41)45-30)46-35-33(29(40)20-38)27(36(6)7)17-24(5)44-35/h11,13,15,20,22-27,30,32-35,37H,10,12,14,16-19H2,1-9H3/b13-11+,21-15+/t22-,23+,24?,25+,26+,27?,30+,33?,34+,35?/m0/s1. The Hall–Kier alpha value is -2.28. The predicted octanol–water partition coefficient (Wildman–Crippen LogP) is 3.90. The third kappa shape index (κ3) is 11.5. The summed E-state index contributed by atoms with van der Waals surface area (Å²) in [7, 11) is 6.81. The van der Waals surface area contributed by atoms with Crippen LogP contribution >= 0.6 is 0 Å². The molecule has 0 aromatic carbocycles. The molecule has 1 saturated heterocycles. The third-order valence-electron chi connectivity index (χ3n) is 9.40. The Morgan fingerprint density at radius 3 is 2.37 bits per heavy atom. The number of hydrogen-bond acceptors (Lipinski definition) is 11. The number of aliphatic hydroxyl groups excluding tert-OH is 1. The Kier molecular flexibility index (Phi) is 16.9. The molecule has 0 radical (unpaired) electrons. The van der Waals surface area contributed by atoms with Crippen molar-refractivity contribution in [3.8, 4) is 0 Å². The van der Waals surface area contributed by atoms with Crippen LogP contribution in [0.4, 0.5) is 0 Å². The van der Waals surface area contributed by atoms with Crippen molar-refractivity contribution in [1.82, 2.24) is 4.90 Å². The normalized spacial score (nSPS) is 35.8. The van der Waals surface area contributed by atoms with Gasteiger partial charge < -0.3 is 33.7 Å². The van der Waals surface area contributed by atoms with Crippen LogP contribution in [0.1, 0.15) is 73.1 Å². The average molecular weight is 652 g/mol. The van der Waals surface area contributed by atoms with Crippen molar-refractivity contribution in [1.29, 1.82) is 0 Å². The highest BCUT2D eigenvalue weighted by atomic mass is 16.7. The van der Waals surface area contributed by atoms with Crippen molar-refractivity contribution in [2.45, 2.75) is 110 Å². The fourth-order valence-corrected chi connectivity index (χ4v) is 6.68. The van der Waals surface area contributed by atoms with Gasteiger partial charge in [0.15, 0.2) is 24.6 Å². The van der Waals surface area contributed by atoms with Crippen molar-refractivity contribution < 1.29 is 48.0 Å². The lowest BCUT2D eigenvalue weighted by molar-refractivity contribution is -0.262. The summed E-state index contributed by atoms with van der Waals surface area (Å²) in [5.74, 6) is -3.35. The molecule has 0 aromatic heterocycles. The van der Waals surface area contributed by atoms with E-state index in [0.29, 0.717) is 38.4 Å². The molecule has 4 unspecified atom stereocenters. The lowest BCUT2D eigenvalue weighted by Crippen LogP contribution is -2.55. The number of methoxy groups -OCH3 is 2. The number of ether oxygens (including phenoxy) is 5. The lowest BCUT2D eigenvalue weighted by Gasteiger charge is -2.45. The summed E-state index contributed by atoms with van der Waals surface area (Å²) < 4.78 is 30.0. The molecule has 2 heterocycles. The number of rotatable bonds is 11. The summed E-state index contributed by atoms with van der Waals surface area (Å²) in [5, 5.41) is 10.1. The zero-order valence-corrected chi connectivity index (χ0v) is 29.2. The summed E-state index contributed by atoms with van der Waals surface area (Å²) >= 11 is 0. The maximum Gasteiger partial charge on any atom is 0.306 e.